The number of aliphatic imine (C=N–C) groups is 1. The molecule has 5 heteroatoms. The standard InChI is InChI=1S/C18H21N3O2/c1-2-23-12-14-5-8-17(20)9-15(14)10-21-11-18(22)13-3-6-16(19)7-4-13/h3-10H,2,11-12,19-20H2,1H3. The molecule has 23 heavy (non-hydrogen) atoms. The summed E-state index contributed by atoms with van der Waals surface area (Å²) in [5.74, 6) is -0.0588. The second kappa shape index (κ2) is 8.10. The molecule has 0 aromatic heterocycles. The second-order valence-corrected chi connectivity index (χ2v) is 5.11. The average molecular weight is 311 g/mol. The topological polar surface area (TPSA) is 90.7 Å². The minimum absolute atomic E-state index is 0.0588. The minimum atomic E-state index is -0.0588. The van der Waals surface area contributed by atoms with Crippen molar-refractivity contribution in [1.82, 2.24) is 0 Å². The van der Waals surface area contributed by atoms with Gasteiger partial charge in [0.2, 0.25) is 0 Å². The first-order valence-electron chi connectivity index (χ1n) is 7.45. The summed E-state index contributed by atoms with van der Waals surface area (Å²) in [6, 6.07) is 12.4. The predicted molar refractivity (Wildman–Crippen MR) is 93.8 cm³/mol. The molecule has 0 unspecified atom stereocenters. The number of nitrogens with two attached hydrogens (primary N) is 2. The number of hydrogen-bond donors (Lipinski definition) is 2. The van der Waals surface area contributed by atoms with Crippen LogP contribution < -0.4 is 11.5 Å². The van der Waals surface area contributed by atoms with Gasteiger partial charge in [-0.3, -0.25) is 9.79 Å². The molecule has 0 radical (unpaired) electrons. The molecule has 0 atom stereocenters. The highest BCUT2D eigenvalue weighted by Crippen LogP contribution is 2.13. The summed E-state index contributed by atoms with van der Waals surface area (Å²) >= 11 is 0. The highest BCUT2D eigenvalue weighted by molar-refractivity contribution is 5.99. The first-order valence-corrected chi connectivity index (χ1v) is 7.45. The van der Waals surface area contributed by atoms with E-state index in [-0.39, 0.29) is 12.3 Å². The van der Waals surface area contributed by atoms with Gasteiger partial charge in [-0.15, -0.1) is 0 Å². The van der Waals surface area contributed by atoms with Crippen LogP contribution in [0.1, 0.15) is 28.4 Å². The van der Waals surface area contributed by atoms with Crippen LogP contribution in [0.3, 0.4) is 0 Å². The third-order valence-corrected chi connectivity index (χ3v) is 3.33. The molecule has 0 aliphatic carbocycles. The van der Waals surface area contributed by atoms with Crippen molar-refractivity contribution in [2.24, 2.45) is 4.99 Å². The molecule has 2 aromatic carbocycles. The van der Waals surface area contributed by atoms with Crippen LogP contribution in [0.4, 0.5) is 11.4 Å². The van der Waals surface area contributed by atoms with Gasteiger partial charge in [0, 0.05) is 29.8 Å². The van der Waals surface area contributed by atoms with Crippen LogP contribution in [0.5, 0.6) is 0 Å². The Balaban J connectivity index is 2.06. The minimum Gasteiger partial charge on any atom is -0.399 e. The number of benzene rings is 2. The Morgan fingerprint density at radius 1 is 1.13 bits per heavy atom. The molecule has 0 aliphatic heterocycles. The zero-order valence-corrected chi connectivity index (χ0v) is 13.2. The molecule has 0 spiro atoms. The van der Waals surface area contributed by atoms with E-state index in [2.05, 4.69) is 4.99 Å². The Hall–Kier alpha value is -2.66. The van der Waals surface area contributed by atoms with E-state index < -0.39 is 0 Å². The molecule has 0 saturated carbocycles. The van der Waals surface area contributed by atoms with Gasteiger partial charge in [-0.1, -0.05) is 6.07 Å². The van der Waals surface area contributed by atoms with E-state index in [9.17, 15) is 4.79 Å². The van der Waals surface area contributed by atoms with Crippen LogP contribution in [0.2, 0.25) is 0 Å². The van der Waals surface area contributed by atoms with Gasteiger partial charge in [0.1, 0.15) is 6.54 Å². The van der Waals surface area contributed by atoms with Gasteiger partial charge in [0.15, 0.2) is 5.78 Å². The molecule has 4 N–H and O–H groups in total. The summed E-state index contributed by atoms with van der Waals surface area (Å²) in [6.07, 6.45) is 1.67. The monoisotopic (exact) mass is 311 g/mol. The highest BCUT2D eigenvalue weighted by Gasteiger charge is 2.05. The lowest BCUT2D eigenvalue weighted by atomic mass is 10.1. The van der Waals surface area contributed by atoms with Crippen molar-refractivity contribution < 1.29 is 9.53 Å². The normalized spacial score (nSPS) is 11.0. The maximum Gasteiger partial charge on any atom is 0.184 e. The van der Waals surface area contributed by atoms with E-state index in [1.165, 1.54) is 0 Å². The fraction of sp³-hybridized carbons (Fsp3) is 0.222. The maximum absolute atomic E-state index is 12.1. The number of hydrogen-bond acceptors (Lipinski definition) is 5. The molecular weight excluding hydrogens is 290 g/mol. The number of rotatable bonds is 7. The molecule has 0 saturated heterocycles. The maximum atomic E-state index is 12.1. The van der Waals surface area contributed by atoms with Crippen LogP contribution in [-0.2, 0) is 11.3 Å². The van der Waals surface area contributed by atoms with Gasteiger partial charge in [0.05, 0.1) is 6.61 Å². The zero-order chi connectivity index (χ0) is 16.7. The summed E-state index contributed by atoms with van der Waals surface area (Å²) in [5, 5.41) is 0. The molecule has 5 nitrogen and oxygen atoms in total. The fourth-order valence-electron chi connectivity index (χ4n) is 2.06. The summed E-state index contributed by atoms with van der Waals surface area (Å²) in [7, 11) is 0. The van der Waals surface area contributed by atoms with Gasteiger partial charge in [-0.25, -0.2) is 0 Å². The van der Waals surface area contributed by atoms with E-state index in [1.807, 2.05) is 25.1 Å². The molecule has 0 fully saturated rings. The van der Waals surface area contributed by atoms with Crippen molar-refractivity contribution in [3.8, 4) is 0 Å². The van der Waals surface area contributed by atoms with Gasteiger partial charge in [-0.05, 0) is 54.4 Å². The number of ether oxygens (including phenoxy) is 1. The molecule has 120 valence electrons. The molecule has 0 aliphatic rings. The van der Waals surface area contributed by atoms with Crippen molar-refractivity contribution in [3.05, 3.63) is 59.2 Å². The predicted octanol–water partition coefficient (Wildman–Crippen LogP) is 2.69. The summed E-state index contributed by atoms with van der Waals surface area (Å²) in [4.78, 5) is 16.3. The van der Waals surface area contributed by atoms with Crippen LogP contribution in [0.25, 0.3) is 0 Å². The third kappa shape index (κ3) is 4.93. The Labute approximate surface area is 136 Å². The summed E-state index contributed by atoms with van der Waals surface area (Å²) in [5.41, 5.74) is 15.2. The fourth-order valence-corrected chi connectivity index (χ4v) is 2.06. The van der Waals surface area contributed by atoms with Crippen molar-refractivity contribution >= 4 is 23.4 Å². The quantitative estimate of drug-likeness (QED) is 0.467. The number of Topliss-reactive ketones (excluding diaryl/α,β-unsaturated/α-hetero) is 1. The third-order valence-electron chi connectivity index (χ3n) is 3.33. The lowest BCUT2D eigenvalue weighted by Gasteiger charge is -2.07. The molecule has 0 amide bonds. The Morgan fingerprint density at radius 3 is 2.52 bits per heavy atom. The van der Waals surface area contributed by atoms with E-state index in [4.69, 9.17) is 16.2 Å². The van der Waals surface area contributed by atoms with Gasteiger partial charge < -0.3 is 16.2 Å². The zero-order valence-electron chi connectivity index (χ0n) is 13.2. The summed E-state index contributed by atoms with van der Waals surface area (Å²) in [6.45, 7) is 3.14. The molecule has 0 bridgehead atoms. The number of nitrogens with zero attached hydrogens (tertiary/aromatic N) is 1. The molecular formula is C18H21N3O2. The first-order chi connectivity index (χ1) is 11.1. The number of carbonyl (C=O) groups is 1. The van der Waals surface area contributed by atoms with Gasteiger partial charge >= 0.3 is 0 Å². The summed E-state index contributed by atoms with van der Waals surface area (Å²) < 4.78 is 5.43. The van der Waals surface area contributed by atoms with E-state index in [1.54, 1.807) is 30.5 Å². The lowest BCUT2D eigenvalue weighted by molar-refractivity contribution is 0.100. The highest BCUT2D eigenvalue weighted by atomic mass is 16.5. The Morgan fingerprint density at radius 2 is 1.83 bits per heavy atom. The Kier molecular flexibility index (Phi) is 5.88. The van der Waals surface area contributed by atoms with Crippen LogP contribution in [-0.4, -0.2) is 25.1 Å². The van der Waals surface area contributed by atoms with E-state index >= 15 is 0 Å². The van der Waals surface area contributed by atoms with Crippen molar-refractivity contribution in [2.75, 3.05) is 24.6 Å². The molecule has 0 heterocycles. The molecule has 2 rings (SSSR count). The number of nitrogen functional groups attached to an aromatic ring is 2. The van der Waals surface area contributed by atoms with Crippen molar-refractivity contribution in [3.63, 3.8) is 0 Å². The molecule has 2 aromatic rings. The first kappa shape index (κ1) is 16.7. The lowest BCUT2D eigenvalue weighted by Crippen LogP contribution is -2.05. The van der Waals surface area contributed by atoms with Crippen molar-refractivity contribution in [1.29, 1.82) is 0 Å². The smallest absolute Gasteiger partial charge is 0.184 e. The van der Waals surface area contributed by atoms with Crippen LogP contribution >= 0.6 is 0 Å². The van der Waals surface area contributed by atoms with Crippen molar-refractivity contribution in [2.45, 2.75) is 13.5 Å². The van der Waals surface area contributed by atoms with E-state index in [0.717, 1.165) is 11.1 Å². The Bertz CT molecular complexity index is 694. The number of carbonyl (C=O) groups excluding carboxylic acids is 1. The van der Waals surface area contributed by atoms with E-state index in [0.29, 0.717) is 30.2 Å². The number of anilines is 2. The second-order valence-electron chi connectivity index (χ2n) is 5.11. The largest absolute Gasteiger partial charge is 0.399 e. The van der Waals surface area contributed by atoms with Gasteiger partial charge in [-0.2, -0.15) is 0 Å². The van der Waals surface area contributed by atoms with Gasteiger partial charge in [0.25, 0.3) is 0 Å². The SMILES string of the molecule is CCOCc1ccc(N)cc1C=NCC(=O)c1ccc(N)cc1. The van der Waals surface area contributed by atoms with Crippen LogP contribution in [0.15, 0.2) is 47.5 Å². The number of ketones is 1. The van der Waals surface area contributed by atoms with Crippen LogP contribution in [0, 0.1) is 0 Å². The average Bonchev–Trinajstić information content (AvgIpc) is 2.54.